The number of carbonyl (C=O) groups is 3. The monoisotopic (exact) mass is 532 g/mol. The van der Waals surface area contributed by atoms with E-state index in [-0.39, 0.29) is 16.3 Å². The molecule has 4 rings (SSSR count). The Kier molecular flexibility index (Phi) is 7.31. The third kappa shape index (κ3) is 5.42. The number of aromatic nitrogens is 2. The molecule has 0 aliphatic heterocycles. The summed E-state index contributed by atoms with van der Waals surface area (Å²) in [7, 11) is 1.53. The van der Waals surface area contributed by atoms with Gasteiger partial charge in [0.25, 0.3) is 11.8 Å². The summed E-state index contributed by atoms with van der Waals surface area (Å²) in [5.74, 6) is -1.30. The van der Waals surface area contributed by atoms with Crippen molar-refractivity contribution in [2.45, 2.75) is 32.4 Å². The molecule has 11 heteroatoms. The van der Waals surface area contributed by atoms with Crippen LogP contribution in [0.4, 0.5) is 11.4 Å². The van der Waals surface area contributed by atoms with Crippen LogP contribution in [0.25, 0.3) is 10.9 Å². The van der Waals surface area contributed by atoms with E-state index < -0.39 is 29.3 Å². The molecule has 0 aliphatic rings. The van der Waals surface area contributed by atoms with Crippen LogP contribution in [0.1, 0.15) is 52.5 Å². The van der Waals surface area contributed by atoms with Crippen LogP contribution in [0, 0.1) is 0 Å². The molecule has 0 radical (unpaired) electrons. The molecule has 2 aromatic heterocycles. The number of fused-ring (bicyclic) bond motifs is 1. The first-order valence-corrected chi connectivity index (χ1v) is 12.5. The van der Waals surface area contributed by atoms with Crippen LogP contribution in [0.3, 0.4) is 0 Å². The summed E-state index contributed by atoms with van der Waals surface area (Å²) in [4.78, 5) is 45.5. The number of methoxy groups -OCH3 is 1. The third-order valence-electron chi connectivity index (χ3n) is 5.67. The Hall–Kier alpha value is -4.51. The summed E-state index contributed by atoms with van der Waals surface area (Å²) in [6, 6.07) is 14.7. The molecule has 0 bridgehead atoms. The van der Waals surface area contributed by atoms with E-state index in [1.165, 1.54) is 12.0 Å². The van der Waals surface area contributed by atoms with Crippen molar-refractivity contribution in [1.82, 2.24) is 14.7 Å². The number of rotatable bonds is 7. The highest BCUT2D eigenvalue weighted by Gasteiger charge is 2.37. The second-order valence-corrected chi connectivity index (χ2v) is 10.4. The molecule has 4 aromatic rings. The normalized spacial score (nSPS) is 12.1. The Morgan fingerprint density at radius 3 is 2.39 bits per heavy atom. The summed E-state index contributed by atoms with van der Waals surface area (Å²) in [6.45, 7) is 5.56. The predicted molar refractivity (Wildman–Crippen MR) is 147 cm³/mol. The molecule has 10 nitrogen and oxygen atoms in total. The lowest BCUT2D eigenvalue weighted by Crippen LogP contribution is -2.49. The number of amides is 3. The quantitative estimate of drug-likeness (QED) is 0.328. The van der Waals surface area contributed by atoms with E-state index in [1.807, 2.05) is 32.9 Å². The van der Waals surface area contributed by atoms with Gasteiger partial charge in [-0.1, -0.05) is 12.1 Å². The average molecular weight is 533 g/mol. The average Bonchev–Trinajstić information content (AvgIpc) is 3.27. The number of nitrogens with two attached hydrogens (primary N) is 2. The van der Waals surface area contributed by atoms with Gasteiger partial charge < -0.3 is 21.5 Å². The Morgan fingerprint density at radius 2 is 1.79 bits per heavy atom. The lowest BCUT2D eigenvalue weighted by Gasteiger charge is -2.33. The smallest absolute Gasteiger partial charge is 0.273 e. The number of primary amides is 1. The molecule has 0 fully saturated rings. The maximum Gasteiger partial charge on any atom is 0.273 e. The molecule has 0 saturated carbocycles. The first kappa shape index (κ1) is 26.6. The van der Waals surface area contributed by atoms with Crippen LogP contribution in [0.5, 0.6) is 5.75 Å². The van der Waals surface area contributed by atoms with Gasteiger partial charge in [0.2, 0.25) is 5.91 Å². The summed E-state index contributed by atoms with van der Waals surface area (Å²) in [5, 5.41) is 3.79. The Balaban J connectivity index is 1.94. The highest BCUT2D eigenvalue weighted by molar-refractivity contribution is 7.09. The molecule has 0 spiro atoms. The standard InChI is InChI=1S/C27H28N6O4S/c1-27(2,3)31-25(35)22(16-7-12-19-15(14-16)6-5-13-30-19)33(17-8-10-18(37-4)11-9-17)26(36)23-20(28)21(24(29)34)32-38-23/h5-14,22H,28H2,1-4H3,(H2,29,34)(H,31,35)/t22-/m0/s1. The fourth-order valence-electron chi connectivity index (χ4n) is 3.98. The molecule has 0 saturated heterocycles. The van der Waals surface area contributed by atoms with Crippen molar-refractivity contribution in [3.05, 3.63) is 76.9 Å². The van der Waals surface area contributed by atoms with Crippen LogP contribution >= 0.6 is 11.5 Å². The van der Waals surface area contributed by atoms with Crippen molar-refractivity contribution >= 4 is 51.5 Å². The van der Waals surface area contributed by atoms with Crippen molar-refractivity contribution in [3.8, 4) is 5.75 Å². The minimum absolute atomic E-state index is 0.00867. The minimum Gasteiger partial charge on any atom is -0.497 e. The number of nitrogen functional groups attached to an aromatic ring is 1. The summed E-state index contributed by atoms with van der Waals surface area (Å²) in [6.07, 6.45) is 1.68. The fraction of sp³-hybridized carbons (Fsp3) is 0.222. The van der Waals surface area contributed by atoms with Crippen LogP contribution < -0.4 is 26.4 Å². The lowest BCUT2D eigenvalue weighted by molar-refractivity contribution is -0.123. The summed E-state index contributed by atoms with van der Waals surface area (Å²) >= 11 is 0.750. The van der Waals surface area contributed by atoms with Crippen molar-refractivity contribution < 1.29 is 19.1 Å². The summed E-state index contributed by atoms with van der Waals surface area (Å²) < 4.78 is 9.26. The topological polar surface area (TPSA) is 154 Å². The molecule has 196 valence electrons. The van der Waals surface area contributed by atoms with Gasteiger partial charge in [-0.3, -0.25) is 24.3 Å². The Labute approximate surface area is 223 Å². The van der Waals surface area contributed by atoms with Gasteiger partial charge in [-0.2, -0.15) is 4.37 Å². The third-order valence-corrected chi connectivity index (χ3v) is 6.52. The van der Waals surface area contributed by atoms with Gasteiger partial charge in [0.15, 0.2) is 5.69 Å². The van der Waals surface area contributed by atoms with E-state index in [9.17, 15) is 14.4 Å². The van der Waals surface area contributed by atoms with E-state index in [1.54, 1.807) is 48.7 Å². The molecule has 38 heavy (non-hydrogen) atoms. The van der Waals surface area contributed by atoms with Crippen molar-refractivity contribution in [2.75, 3.05) is 17.7 Å². The molecule has 2 aromatic carbocycles. The SMILES string of the molecule is COc1ccc(N(C(=O)c2snc(C(N)=O)c2N)[C@H](C(=O)NC(C)(C)C)c2ccc3ncccc3c2)cc1. The highest BCUT2D eigenvalue weighted by Crippen LogP contribution is 2.35. The number of carbonyl (C=O) groups excluding carboxylic acids is 3. The fourth-order valence-corrected chi connectivity index (χ4v) is 4.73. The van der Waals surface area contributed by atoms with Crippen LogP contribution in [0.15, 0.2) is 60.8 Å². The van der Waals surface area contributed by atoms with Gasteiger partial charge in [0.1, 0.15) is 16.7 Å². The number of benzene rings is 2. The first-order chi connectivity index (χ1) is 18.0. The van der Waals surface area contributed by atoms with Crippen molar-refractivity contribution in [3.63, 3.8) is 0 Å². The molecule has 1 atom stereocenters. The van der Waals surface area contributed by atoms with E-state index in [2.05, 4.69) is 14.7 Å². The van der Waals surface area contributed by atoms with E-state index in [0.717, 1.165) is 22.4 Å². The number of hydrogen-bond donors (Lipinski definition) is 3. The number of nitrogens with one attached hydrogen (secondary N) is 1. The zero-order valence-electron chi connectivity index (χ0n) is 21.4. The Bertz CT molecular complexity index is 1510. The van der Waals surface area contributed by atoms with Gasteiger partial charge in [0, 0.05) is 22.8 Å². The second kappa shape index (κ2) is 10.5. The first-order valence-electron chi connectivity index (χ1n) is 11.7. The number of anilines is 2. The lowest BCUT2D eigenvalue weighted by atomic mass is 9.98. The van der Waals surface area contributed by atoms with E-state index in [0.29, 0.717) is 17.0 Å². The number of hydrogen-bond acceptors (Lipinski definition) is 8. The van der Waals surface area contributed by atoms with Gasteiger partial charge in [-0.25, -0.2) is 0 Å². The molecule has 2 heterocycles. The molecule has 0 aliphatic carbocycles. The van der Waals surface area contributed by atoms with Crippen molar-refractivity contribution in [2.24, 2.45) is 5.73 Å². The minimum atomic E-state index is -1.11. The van der Waals surface area contributed by atoms with Crippen LogP contribution in [-0.2, 0) is 4.79 Å². The number of pyridine rings is 1. The zero-order chi connectivity index (χ0) is 27.6. The molecular formula is C27H28N6O4S. The summed E-state index contributed by atoms with van der Waals surface area (Å²) in [5.41, 5.74) is 12.3. The molecule has 5 N–H and O–H groups in total. The van der Waals surface area contributed by atoms with Gasteiger partial charge in [-0.15, -0.1) is 0 Å². The molecule has 0 unspecified atom stereocenters. The highest BCUT2D eigenvalue weighted by atomic mass is 32.1. The molecule has 3 amide bonds. The largest absolute Gasteiger partial charge is 0.497 e. The maximum atomic E-state index is 14.1. The van der Waals surface area contributed by atoms with Gasteiger partial charge >= 0.3 is 0 Å². The second-order valence-electron chi connectivity index (χ2n) is 9.61. The number of nitrogens with zero attached hydrogens (tertiary/aromatic N) is 3. The van der Waals surface area contributed by atoms with E-state index >= 15 is 0 Å². The van der Waals surface area contributed by atoms with E-state index in [4.69, 9.17) is 16.2 Å². The van der Waals surface area contributed by atoms with Crippen molar-refractivity contribution in [1.29, 1.82) is 0 Å². The van der Waals surface area contributed by atoms with Gasteiger partial charge in [-0.05, 0) is 80.3 Å². The van der Waals surface area contributed by atoms with Crippen LogP contribution in [-0.4, -0.2) is 39.7 Å². The van der Waals surface area contributed by atoms with Crippen LogP contribution in [0.2, 0.25) is 0 Å². The maximum absolute atomic E-state index is 14.1. The number of ether oxygens (including phenoxy) is 1. The molecular weight excluding hydrogens is 504 g/mol. The Morgan fingerprint density at radius 1 is 1.08 bits per heavy atom. The zero-order valence-corrected chi connectivity index (χ0v) is 22.2. The van der Waals surface area contributed by atoms with Gasteiger partial charge in [0.05, 0.1) is 18.3 Å². The predicted octanol–water partition coefficient (Wildman–Crippen LogP) is 3.68.